The monoisotopic (exact) mass is 293 g/mol. The van der Waals surface area contributed by atoms with Crippen molar-refractivity contribution in [2.75, 3.05) is 38.7 Å². The van der Waals surface area contributed by atoms with Crippen molar-refractivity contribution in [1.82, 2.24) is 4.90 Å². The van der Waals surface area contributed by atoms with E-state index < -0.39 is 0 Å². The highest BCUT2D eigenvalue weighted by atomic mass is 16.5. The molecule has 0 aliphatic heterocycles. The molecule has 0 radical (unpaired) electrons. The zero-order chi connectivity index (χ0) is 15.7. The fraction of sp³-hybridized carbons (Fsp3) is 0.562. The van der Waals surface area contributed by atoms with Gasteiger partial charge < -0.3 is 15.8 Å². The Bertz CT molecular complexity index is 418. The summed E-state index contributed by atoms with van der Waals surface area (Å²) < 4.78 is 5.09. The van der Waals surface area contributed by atoms with E-state index >= 15 is 0 Å². The maximum atomic E-state index is 12.1. The predicted octanol–water partition coefficient (Wildman–Crippen LogP) is 1.69. The molecule has 1 amide bonds. The third kappa shape index (κ3) is 7.22. The number of hydrogen-bond acceptors (Lipinski definition) is 4. The Morgan fingerprint density at radius 1 is 1.33 bits per heavy atom. The normalized spacial score (nSPS) is 11.1. The number of nitrogens with one attached hydrogen (secondary N) is 1. The van der Waals surface area contributed by atoms with E-state index in [0.29, 0.717) is 25.6 Å². The van der Waals surface area contributed by atoms with Crippen molar-refractivity contribution < 1.29 is 9.53 Å². The first-order valence-corrected chi connectivity index (χ1v) is 7.35. The van der Waals surface area contributed by atoms with Crippen LogP contribution in [0.15, 0.2) is 24.3 Å². The number of anilines is 1. The lowest BCUT2D eigenvalue weighted by Gasteiger charge is -2.23. The first-order chi connectivity index (χ1) is 10.0. The number of rotatable bonds is 9. The van der Waals surface area contributed by atoms with Gasteiger partial charge >= 0.3 is 0 Å². The number of ether oxygens (including phenoxy) is 1. The van der Waals surface area contributed by atoms with E-state index in [0.717, 1.165) is 24.3 Å². The number of hydrogen-bond donors (Lipinski definition) is 2. The molecule has 1 aromatic rings. The Balaban J connectivity index is 2.51. The summed E-state index contributed by atoms with van der Waals surface area (Å²) in [6, 6.07) is 7.60. The molecule has 0 heterocycles. The molecule has 0 unspecified atom stereocenters. The van der Waals surface area contributed by atoms with Crippen LogP contribution in [0, 0.1) is 5.92 Å². The minimum absolute atomic E-state index is 0.00717. The second-order valence-corrected chi connectivity index (χ2v) is 5.57. The van der Waals surface area contributed by atoms with E-state index in [-0.39, 0.29) is 5.91 Å². The molecule has 0 bridgehead atoms. The number of amides is 1. The van der Waals surface area contributed by atoms with Gasteiger partial charge in [0.15, 0.2) is 0 Å². The van der Waals surface area contributed by atoms with Crippen LogP contribution in [-0.4, -0.2) is 44.2 Å². The third-order valence-electron chi connectivity index (χ3n) is 3.08. The second kappa shape index (κ2) is 9.50. The average Bonchev–Trinajstić information content (AvgIpc) is 2.45. The number of carbonyl (C=O) groups is 1. The Labute approximate surface area is 127 Å². The molecule has 5 heteroatoms. The lowest BCUT2D eigenvalue weighted by Crippen LogP contribution is -2.37. The first-order valence-electron chi connectivity index (χ1n) is 7.35. The van der Waals surface area contributed by atoms with Crippen LogP contribution in [0.1, 0.15) is 19.4 Å². The van der Waals surface area contributed by atoms with E-state index in [1.807, 2.05) is 24.3 Å². The second-order valence-electron chi connectivity index (χ2n) is 5.57. The van der Waals surface area contributed by atoms with Crippen molar-refractivity contribution in [3.05, 3.63) is 29.8 Å². The van der Waals surface area contributed by atoms with Crippen molar-refractivity contribution in [1.29, 1.82) is 0 Å². The highest BCUT2D eigenvalue weighted by molar-refractivity contribution is 5.92. The summed E-state index contributed by atoms with van der Waals surface area (Å²) in [7, 11) is 1.67. The molecule has 0 saturated heterocycles. The van der Waals surface area contributed by atoms with Crippen LogP contribution in [0.4, 0.5) is 5.69 Å². The van der Waals surface area contributed by atoms with Gasteiger partial charge in [-0.25, -0.2) is 0 Å². The van der Waals surface area contributed by atoms with Gasteiger partial charge in [0.2, 0.25) is 5.91 Å². The van der Waals surface area contributed by atoms with Gasteiger partial charge in [-0.1, -0.05) is 26.0 Å². The van der Waals surface area contributed by atoms with Gasteiger partial charge in [-0.15, -0.1) is 0 Å². The zero-order valence-corrected chi connectivity index (χ0v) is 13.3. The Morgan fingerprint density at radius 2 is 2.00 bits per heavy atom. The molecular weight excluding hydrogens is 266 g/mol. The fourth-order valence-electron chi connectivity index (χ4n) is 2.10. The molecule has 0 aliphatic carbocycles. The van der Waals surface area contributed by atoms with Crippen LogP contribution >= 0.6 is 0 Å². The largest absolute Gasteiger partial charge is 0.383 e. The Kier molecular flexibility index (Phi) is 7.97. The van der Waals surface area contributed by atoms with E-state index in [9.17, 15) is 4.79 Å². The Morgan fingerprint density at radius 3 is 2.52 bits per heavy atom. The van der Waals surface area contributed by atoms with Crippen molar-refractivity contribution in [2.24, 2.45) is 11.7 Å². The number of nitrogens with zero attached hydrogens (tertiary/aromatic N) is 1. The molecule has 0 saturated carbocycles. The van der Waals surface area contributed by atoms with E-state index in [2.05, 4.69) is 24.1 Å². The fourth-order valence-corrected chi connectivity index (χ4v) is 2.10. The first kappa shape index (κ1) is 17.6. The van der Waals surface area contributed by atoms with Crippen molar-refractivity contribution in [3.63, 3.8) is 0 Å². The maximum absolute atomic E-state index is 12.1. The number of nitrogens with two attached hydrogens (primary N) is 1. The summed E-state index contributed by atoms with van der Waals surface area (Å²) >= 11 is 0. The molecule has 0 fully saturated rings. The topological polar surface area (TPSA) is 67.6 Å². The highest BCUT2D eigenvalue weighted by Crippen LogP contribution is 2.09. The van der Waals surface area contributed by atoms with Gasteiger partial charge in [-0.2, -0.15) is 0 Å². The summed E-state index contributed by atoms with van der Waals surface area (Å²) in [4.78, 5) is 14.2. The van der Waals surface area contributed by atoms with Gasteiger partial charge in [0.25, 0.3) is 0 Å². The van der Waals surface area contributed by atoms with E-state index in [1.165, 1.54) is 0 Å². The molecule has 21 heavy (non-hydrogen) atoms. The quantitative estimate of drug-likeness (QED) is 0.727. The van der Waals surface area contributed by atoms with Gasteiger partial charge in [0.1, 0.15) is 0 Å². The van der Waals surface area contributed by atoms with Gasteiger partial charge in [0, 0.05) is 32.4 Å². The lowest BCUT2D eigenvalue weighted by molar-refractivity contribution is -0.117. The van der Waals surface area contributed by atoms with Crippen molar-refractivity contribution in [3.8, 4) is 0 Å². The van der Waals surface area contributed by atoms with Gasteiger partial charge in [-0.05, 0) is 23.6 Å². The zero-order valence-electron chi connectivity index (χ0n) is 13.3. The van der Waals surface area contributed by atoms with Crippen LogP contribution < -0.4 is 11.1 Å². The van der Waals surface area contributed by atoms with Crippen LogP contribution in [0.3, 0.4) is 0 Å². The minimum atomic E-state index is -0.00717. The molecule has 1 rings (SSSR count). The number of benzene rings is 1. The minimum Gasteiger partial charge on any atom is -0.383 e. The van der Waals surface area contributed by atoms with E-state index in [4.69, 9.17) is 10.5 Å². The SMILES string of the molecule is COCCN(CC(=O)Nc1ccc(CN)cc1)CC(C)C. The summed E-state index contributed by atoms with van der Waals surface area (Å²) in [6.07, 6.45) is 0. The summed E-state index contributed by atoms with van der Waals surface area (Å²) in [5, 5.41) is 2.91. The average molecular weight is 293 g/mol. The molecule has 1 aromatic carbocycles. The van der Waals surface area contributed by atoms with Crippen LogP contribution in [0.2, 0.25) is 0 Å². The summed E-state index contributed by atoms with van der Waals surface area (Å²) in [6.45, 7) is 7.43. The third-order valence-corrected chi connectivity index (χ3v) is 3.08. The lowest BCUT2D eigenvalue weighted by atomic mass is 10.2. The molecule has 0 atom stereocenters. The standard InChI is InChI=1S/C16H27N3O2/c1-13(2)11-19(8-9-21-3)12-16(20)18-15-6-4-14(10-17)5-7-15/h4-7,13H,8-12,17H2,1-3H3,(H,18,20). The number of methoxy groups -OCH3 is 1. The molecule has 3 N–H and O–H groups in total. The van der Waals surface area contributed by atoms with Crippen molar-refractivity contribution in [2.45, 2.75) is 20.4 Å². The molecular formula is C16H27N3O2. The highest BCUT2D eigenvalue weighted by Gasteiger charge is 2.12. The molecule has 0 spiro atoms. The van der Waals surface area contributed by atoms with Crippen molar-refractivity contribution >= 4 is 11.6 Å². The smallest absolute Gasteiger partial charge is 0.238 e. The molecule has 118 valence electrons. The molecule has 0 aliphatic rings. The van der Waals surface area contributed by atoms with Gasteiger partial charge in [0.05, 0.1) is 13.2 Å². The molecule has 5 nitrogen and oxygen atoms in total. The number of carbonyl (C=O) groups excluding carboxylic acids is 1. The predicted molar refractivity (Wildman–Crippen MR) is 86.1 cm³/mol. The maximum Gasteiger partial charge on any atom is 0.238 e. The van der Waals surface area contributed by atoms with Crippen LogP contribution in [0.5, 0.6) is 0 Å². The summed E-state index contributed by atoms with van der Waals surface area (Å²) in [5.74, 6) is 0.505. The summed E-state index contributed by atoms with van der Waals surface area (Å²) in [5.41, 5.74) is 7.40. The van der Waals surface area contributed by atoms with Crippen LogP contribution in [0.25, 0.3) is 0 Å². The van der Waals surface area contributed by atoms with E-state index in [1.54, 1.807) is 7.11 Å². The van der Waals surface area contributed by atoms with Gasteiger partial charge in [-0.3, -0.25) is 9.69 Å². The van der Waals surface area contributed by atoms with Crippen LogP contribution in [-0.2, 0) is 16.1 Å². The molecule has 0 aromatic heterocycles. The Hall–Kier alpha value is -1.43.